The van der Waals surface area contributed by atoms with E-state index in [1.54, 1.807) is 12.1 Å². The van der Waals surface area contributed by atoms with Crippen molar-refractivity contribution in [1.29, 1.82) is 0 Å². The van der Waals surface area contributed by atoms with Gasteiger partial charge in [-0.3, -0.25) is 9.48 Å². The van der Waals surface area contributed by atoms with Gasteiger partial charge in [0.2, 0.25) is 0 Å². The highest BCUT2D eigenvalue weighted by Crippen LogP contribution is 2.28. The van der Waals surface area contributed by atoms with Crippen molar-refractivity contribution in [2.75, 3.05) is 31.1 Å². The number of halogens is 1. The lowest BCUT2D eigenvalue weighted by molar-refractivity contribution is 0.0736. The number of nitrogens with one attached hydrogen (secondary N) is 1. The van der Waals surface area contributed by atoms with Crippen LogP contribution in [-0.4, -0.2) is 46.8 Å². The molecule has 30 heavy (non-hydrogen) atoms. The van der Waals surface area contributed by atoms with E-state index in [0.717, 1.165) is 61.8 Å². The molecule has 0 radical (unpaired) electrons. The topological polar surface area (TPSA) is 53.4 Å². The molecule has 3 aromatic rings. The predicted octanol–water partition coefficient (Wildman–Crippen LogP) is 2.64. The van der Waals surface area contributed by atoms with E-state index < -0.39 is 0 Å². The number of carbonyl (C=O) groups is 1. The normalized spacial score (nSPS) is 16.0. The first-order valence-corrected chi connectivity index (χ1v) is 10.3. The van der Waals surface area contributed by atoms with Crippen LogP contribution in [0.15, 0.2) is 54.7 Å². The van der Waals surface area contributed by atoms with Crippen LogP contribution in [0.5, 0.6) is 0 Å². The molecule has 3 heterocycles. The largest absolute Gasteiger partial charge is 0.361 e. The molecule has 5 rings (SSSR count). The summed E-state index contributed by atoms with van der Waals surface area (Å²) in [7, 11) is 0. The van der Waals surface area contributed by atoms with Crippen LogP contribution < -0.4 is 10.2 Å². The Morgan fingerprint density at radius 2 is 1.87 bits per heavy atom. The Labute approximate surface area is 174 Å². The number of amides is 1. The molecule has 2 aliphatic heterocycles. The quantitative estimate of drug-likeness (QED) is 0.725. The van der Waals surface area contributed by atoms with Crippen molar-refractivity contribution < 1.29 is 9.18 Å². The second-order valence-corrected chi connectivity index (χ2v) is 7.87. The molecule has 0 spiro atoms. The lowest BCUT2D eigenvalue weighted by Gasteiger charge is -2.28. The zero-order chi connectivity index (χ0) is 20.5. The third kappa shape index (κ3) is 3.80. The Morgan fingerprint density at radius 1 is 1.07 bits per heavy atom. The van der Waals surface area contributed by atoms with Crippen LogP contribution in [0.4, 0.5) is 10.1 Å². The number of hydrogen-bond acceptors (Lipinski definition) is 4. The fourth-order valence-electron chi connectivity index (χ4n) is 4.14. The van der Waals surface area contributed by atoms with Gasteiger partial charge in [-0.2, -0.15) is 5.10 Å². The number of fused-ring (bicyclic) bond motifs is 1. The van der Waals surface area contributed by atoms with Gasteiger partial charge in [0.05, 0.1) is 18.8 Å². The Balaban J connectivity index is 1.27. The van der Waals surface area contributed by atoms with Gasteiger partial charge in [0, 0.05) is 55.7 Å². The van der Waals surface area contributed by atoms with Gasteiger partial charge in [0.15, 0.2) is 0 Å². The molecule has 1 fully saturated rings. The van der Waals surface area contributed by atoms with E-state index in [-0.39, 0.29) is 11.7 Å². The van der Waals surface area contributed by atoms with Gasteiger partial charge in [0.25, 0.3) is 5.91 Å². The molecule has 0 aliphatic carbocycles. The third-order valence-electron chi connectivity index (χ3n) is 5.75. The Bertz CT molecular complexity index is 1030. The highest BCUT2D eigenvalue weighted by atomic mass is 19.1. The summed E-state index contributed by atoms with van der Waals surface area (Å²) in [4.78, 5) is 17.0. The van der Waals surface area contributed by atoms with E-state index >= 15 is 0 Å². The first-order valence-electron chi connectivity index (χ1n) is 10.3. The van der Waals surface area contributed by atoms with E-state index in [1.807, 2.05) is 33.8 Å². The van der Waals surface area contributed by atoms with Gasteiger partial charge in [0.1, 0.15) is 5.82 Å². The fraction of sp³-hybridized carbons (Fsp3) is 0.304. The minimum absolute atomic E-state index is 0.0970. The molecule has 7 heteroatoms. The van der Waals surface area contributed by atoms with E-state index in [4.69, 9.17) is 5.10 Å². The van der Waals surface area contributed by atoms with Crippen LogP contribution in [0.1, 0.15) is 27.2 Å². The average Bonchev–Trinajstić information content (AvgIpc) is 3.34. The molecule has 2 aliphatic rings. The van der Waals surface area contributed by atoms with E-state index in [2.05, 4.69) is 16.4 Å². The van der Waals surface area contributed by atoms with Gasteiger partial charge in [-0.05, 0) is 35.9 Å². The molecular weight excluding hydrogens is 381 g/mol. The molecule has 1 saturated heterocycles. The molecule has 0 saturated carbocycles. The van der Waals surface area contributed by atoms with Crippen molar-refractivity contribution in [2.45, 2.75) is 19.6 Å². The van der Waals surface area contributed by atoms with Gasteiger partial charge >= 0.3 is 0 Å². The van der Waals surface area contributed by atoms with Crippen LogP contribution in [-0.2, 0) is 19.6 Å². The molecule has 2 aromatic carbocycles. The maximum absolute atomic E-state index is 13.1. The highest BCUT2D eigenvalue weighted by Gasteiger charge is 2.24. The summed E-state index contributed by atoms with van der Waals surface area (Å²) >= 11 is 0. The van der Waals surface area contributed by atoms with Crippen molar-refractivity contribution in [3.8, 4) is 0 Å². The highest BCUT2D eigenvalue weighted by molar-refractivity contribution is 5.95. The first kappa shape index (κ1) is 18.8. The zero-order valence-electron chi connectivity index (χ0n) is 16.7. The van der Waals surface area contributed by atoms with Crippen LogP contribution in [0.3, 0.4) is 0 Å². The molecule has 6 nitrogen and oxygen atoms in total. The fourth-order valence-corrected chi connectivity index (χ4v) is 4.14. The van der Waals surface area contributed by atoms with Crippen LogP contribution >= 0.6 is 0 Å². The summed E-state index contributed by atoms with van der Waals surface area (Å²) in [5, 5.41) is 7.99. The summed E-state index contributed by atoms with van der Waals surface area (Å²) < 4.78 is 15.0. The van der Waals surface area contributed by atoms with Gasteiger partial charge < -0.3 is 15.1 Å². The number of hydrogen-bond donors (Lipinski definition) is 1. The second-order valence-electron chi connectivity index (χ2n) is 7.87. The number of rotatable bonds is 4. The third-order valence-corrected chi connectivity index (χ3v) is 5.75. The maximum Gasteiger partial charge on any atom is 0.254 e. The van der Waals surface area contributed by atoms with Gasteiger partial charge in [-0.15, -0.1) is 0 Å². The number of anilines is 1. The molecule has 0 atom stereocenters. The number of piperazine rings is 1. The van der Waals surface area contributed by atoms with Crippen molar-refractivity contribution in [3.05, 3.63) is 82.9 Å². The lowest BCUT2D eigenvalue weighted by atomic mass is 10.1. The lowest BCUT2D eigenvalue weighted by Crippen LogP contribution is -2.46. The number of benzene rings is 2. The Kier molecular flexibility index (Phi) is 4.96. The first-order chi connectivity index (χ1) is 14.7. The zero-order valence-corrected chi connectivity index (χ0v) is 16.7. The van der Waals surface area contributed by atoms with Crippen molar-refractivity contribution in [2.24, 2.45) is 0 Å². The van der Waals surface area contributed by atoms with Crippen LogP contribution in [0, 0.1) is 5.82 Å². The monoisotopic (exact) mass is 405 g/mol. The van der Waals surface area contributed by atoms with E-state index in [0.29, 0.717) is 6.54 Å². The van der Waals surface area contributed by atoms with Crippen LogP contribution in [0.2, 0.25) is 0 Å². The molecule has 1 N–H and O–H groups in total. The standard InChI is InChI=1S/C23H24FN5O/c24-20-6-4-17(5-7-20)13-29-15-19-14-28(16-22(19)26-29)21-3-1-2-18(12-21)23(30)27-10-8-25-9-11-27/h1-7,12,15,25H,8-11,13-14,16H2. The molecule has 1 amide bonds. The van der Waals surface area contributed by atoms with Gasteiger partial charge in [-0.1, -0.05) is 18.2 Å². The smallest absolute Gasteiger partial charge is 0.254 e. The van der Waals surface area contributed by atoms with Crippen LogP contribution in [0.25, 0.3) is 0 Å². The number of nitrogens with zero attached hydrogens (tertiary/aromatic N) is 4. The van der Waals surface area contributed by atoms with E-state index in [1.165, 1.54) is 17.7 Å². The minimum atomic E-state index is -0.227. The van der Waals surface area contributed by atoms with Crippen molar-refractivity contribution >= 4 is 11.6 Å². The number of aromatic nitrogens is 2. The Morgan fingerprint density at radius 3 is 2.63 bits per heavy atom. The summed E-state index contributed by atoms with van der Waals surface area (Å²) in [5.74, 6) is -0.130. The van der Waals surface area contributed by atoms with Crippen molar-refractivity contribution in [3.63, 3.8) is 0 Å². The van der Waals surface area contributed by atoms with Crippen molar-refractivity contribution in [1.82, 2.24) is 20.0 Å². The Hall–Kier alpha value is -3.19. The summed E-state index contributed by atoms with van der Waals surface area (Å²) in [6.07, 6.45) is 2.06. The summed E-state index contributed by atoms with van der Waals surface area (Å²) in [6.45, 7) is 5.31. The SMILES string of the molecule is O=C(c1cccc(N2Cc3cn(Cc4ccc(F)cc4)nc3C2)c1)N1CCNCC1. The molecule has 0 unspecified atom stereocenters. The predicted molar refractivity (Wildman–Crippen MR) is 113 cm³/mol. The van der Waals surface area contributed by atoms with Gasteiger partial charge in [-0.25, -0.2) is 4.39 Å². The second kappa shape index (κ2) is 7.91. The molecular formula is C23H24FN5O. The molecule has 0 bridgehead atoms. The average molecular weight is 405 g/mol. The van der Waals surface area contributed by atoms with E-state index in [9.17, 15) is 9.18 Å². The molecule has 1 aromatic heterocycles. The minimum Gasteiger partial charge on any atom is -0.361 e. The molecule has 154 valence electrons. The summed E-state index contributed by atoms with van der Waals surface area (Å²) in [6, 6.07) is 14.4. The number of carbonyl (C=O) groups excluding carboxylic acids is 1. The maximum atomic E-state index is 13.1. The summed E-state index contributed by atoms with van der Waals surface area (Å²) in [5.41, 5.74) is 5.04.